The minimum absolute atomic E-state index is 0.00972. The summed E-state index contributed by atoms with van der Waals surface area (Å²) in [6.07, 6.45) is 1.75. The summed E-state index contributed by atoms with van der Waals surface area (Å²) in [6.45, 7) is 2.51. The summed E-state index contributed by atoms with van der Waals surface area (Å²) in [4.78, 5) is 13.9. The Balaban J connectivity index is 2.17. The molecule has 1 aliphatic rings. The van der Waals surface area contributed by atoms with Gasteiger partial charge in [0.2, 0.25) is 0 Å². The number of aryl methyl sites for hydroxylation is 1. The number of methoxy groups -OCH3 is 1. The average molecular weight is 299 g/mol. The number of rotatable bonds is 3. The van der Waals surface area contributed by atoms with Crippen molar-refractivity contribution in [3.8, 4) is 5.75 Å². The molecular formula is C14H19ClN2O3. The summed E-state index contributed by atoms with van der Waals surface area (Å²) in [5, 5.41) is 12.7. The Bertz CT molecular complexity index is 507. The van der Waals surface area contributed by atoms with Crippen molar-refractivity contribution in [2.24, 2.45) is 0 Å². The Morgan fingerprint density at radius 3 is 3.00 bits per heavy atom. The number of likely N-dealkylation sites (tertiary alicyclic amines) is 1. The standard InChI is InChI=1S/C14H19ClN2O3/c1-9-6-12(13(20-2)7-11(9)15)16-14(19)17-5-3-4-10(17)8-18/h6-7,10,18H,3-5,8H2,1-2H3,(H,16,19). The second kappa shape index (κ2) is 6.33. The van der Waals surface area contributed by atoms with Gasteiger partial charge in [-0.25, -0.2) is 4.79 Å². The Kier molecular flexibility index (Phi) is 4.73. The highest BCUT2D eigenvalue weighted by Crippen LogP contribution is 2.31. The Hall–Kier alpha value is -1.46. The number of nitrogens with zero attached hydrogens (tertiary/aromatic N) is 1. The SMILES string of the molecule is COc1cc(Cl)c(C)cc1NC(=O)N1CCCC1CO. The molecule has 1 aromatic rings. The van der Waals surface area contributed by atoms with Crippen LogP contribution in [0.2, 0.25) is 5.02 Å². The first-order valence-electron chi connectivity index (χ1n) is 6.59. The van der Waals surface area contributed by atoms with Crippen molar-refractivity contribution < 1.29 is 14.6 Å². The maximum absolute atomic E-state index is 12.3. The molecule has 1 aliphatic heterocycles. The molecule has 1 saturated heterocycles. The number of carbonyl (C=O) groups excluding carboxylic acids is 1. The van der Waals surface area contributed by atoms with Crippen LogP contribution in [0.3, 0.4) is 0 Å². The van der Waals surface area contributed by atoms with Crippen molar-refractivity contribution >= 4 is 23.3 Å². The van der Waals surface area contributed by atoms with E-state index in [4.69, 9.17) is 16.3 Å². The molecule has 2 N–H and O–H groups in total. The third-order valence-electron chi connectivity index (χ3n) is 3.57. The van der Waals surface area contributed by atoms with Gasteiger partial charge in [0.25, 0.3) is 0 Å². The number of carbonyl (C=O) groups is 1. The molecule has 0 bridgehead atoms. The van der Waals surface area contributed by atoms with Gasteiger partial charge in [-0.15, -0.1) is 0 Å². The summed E-state index contributed by atoms with van der Waals surface area (Å²) in [7, 11) is 1.53. The van der Waals surface area contributed by atoms with Gasteiger partial charge in [-0.05, 0) is 31.4 Å². The van der Waals surface area contributed by atoms with Gasteiger partial charge in [-0.1, -0.05) is 11.6 Å². The van der Waals surface area contributed by atoms with Crippen LogP contribution in [-0.4, -0.2) is 42.3 Å². The number of hydrogen-bond donors (Lipinski definition) is 2. The molecular weight excluding hydrogens is 280 g/mol. The molecule has 20 heavy (non-hydrogen) atoms. The van der Waals surface area contributed by atoms with Crippen LogP contribution in [-0.2, 0) is 0 Å². The molecule has 6 heteroatoms. The first-order chi connectivity index (χ1) is 9.56. The quantitative estimate of drug-likeness (QED) is 0.902. The molecule has 1 aromatic carbocycles. The third kappa shape index (κ3) is 2.99. The predicted octanol–water partition coefficient (Wildman–Crippen LogP) is 2.65. The van der Waals surface area contributed by atoms with Crippen molar-refractivity contribution in [2.75, 3.05) is 25.6 Å². The van der Waals surface area contributed by atoms with E-state index in [-0.39, 0.29) is 18.7 Å². The molecule has 5 nitrogen and oxygen atoms in total. The monoisotopic (exact) mass is 298 g/mol. The summed E-state index contributed by atoms with van der Waals surface area (Å²) < 4.78 is 5.23. The minimum Gasteiger partial charge on any atom is -0.495 e. The first-order valence-corrected chi connectivity index (χ1v) is 6.97. The number of nitrogens with one attached hydrogen (secondary N) is 1. The molecule has 2 amide bonds. The molecule has 1 unspecified atom stereocenters. The van der Waals surface area contributed by atoms with Gasteiger partial charge in [0.05, 0.1) is 25.4 Å². The largest absolute Gasteiger partial charge is 0.495 e. The maximum atomic E-state index is 12.3. The number of benzene rings is 1. The number of anilines is 1. The fourth-order valence-corrected chi connectivity index (χ4v) is 2.56. The third-order valence-corrected chi connectivity index (χ3v) is 3.98. The number of ether oxygens (including phenoxy) is 1. The van der Waals surface area contributed by atoms with Gasteiger partial charge in [-0.3, -0.25) is 0 Å². The number of urea groups is 1. The molecule has 0 radical (unpaired) electrons. The van der Waals surface area contributed by atoms with Gasteiger partial charge in [0.1, 0.15) is 5.75 Å². The van der Waals surface area contributed by atoms with E-state index in [1.165, 1.54) is 7.11 Å². The normalized spacial score (nSPS) is 18.2. The van der Waals surface area contributed by atoms with Gasteiger partial charge in [0.15, 0.2) is 0 Å². The lowest BCUT2D eigenvalue weighted by molar-refractivity contribution is 0.166. The van der Waals surface area contributed by atoms with Crippen LogP contribution < -0.4 is 10.1 Å². The first kappa shape index (κ1) is 14.9. The molecule has 2 rings (SSSR count). The van der Waals surface area contributed by atoms with Gasteiger partial charge < -0.3 is 20.1 Å². The Morgan fingerprint density at radius 2 is 2.35 bits per heavy atom. The zero-order valence-corrected chi connectivity index (χ0v) is 12.4. The van der Waals surface area contributed by atoms with E-state index < -0.39 is 0 Å². The summed E-state index contributed by atoms with van der Waals surface area (Å²) in [6, 6.07) is 3.14. The highest BCUT2D eigenvalue weighted by Gasteiger charge is 2.28. The molecule has 0 aliphatic carbocycles. The summed E-state index contributed by atoms with van der Waals surface area (Å²) in [5.41, 5.74) is 1.45. The van der Waals surface area contributed by atoms with Crippen LogP contribution in [0.4, 0.5) is 10.5 Å². The number of hydrogen-bond acceptors (Lipinski definition) is 3. The van der Waals surface area contributed by atoms with E-state index in [0.29, 0.717) is 23.0 Å². The molecule has 0 aromatic heterocycles. The fourth-order valence-electron chi connectivity index (χ4n) is 2.41. The topological polar surface area (TPSA) is 61.8 Å². The van der Waals surface area contributed by atoms with Crippen LogP contribution >= 0.6 is 11.6 Å². The molecule has 1 heterocycles. The lowest BCUT2D eigenvalue weighted by Gasteiger charge is -2.24. The summed E-state index contributed by atoms with van der Waals surface area (Å²) in [5.74, 6) is 0.522. The molecule has 1 atom stereocenters. The second-order valence-corrected chi connectivity index (χ2v) is 5.31. The van der Waals surface area contributed by atoms with E-state index in [9.17, 15) is 9.90 Å². The minimum atomic E-state index is -0.221. The van der Waals surface area contributed by atoms with Gasteiger partial charge in [-0.2, -0.15) is 0 Å². The van der Waals surface area contributed by atoms with Crippen LogP contribution in [0, 0.1) is 6.92 Å². The van der Waals surface area contributed by atoms with E-state index in [0.717, 1.165) is 18.4 Å². The van der Waals surface area contributed by atoms with Crippen LogP contribution in [0.25, 0.3) is 0 Å². The van der Waals surface area contributed by atoms with Crippen molar-refractivity contribution in [3.05, 3.63) is 22.7 Å². The van der Waals surface area contributed by atoms with E-state index in [2.05, 4.69) is 5.32 Å². The van der Waals surface area contributed by atoms with Crippen LogP contribution in [0.1, 0.15) is 18.4 Å². The van der Waals surface area contributed by atoms with Crippen molar-refractivity contribution in [3.63, 3.8) is 0 Å². The zero-order chi connectivity index (χ0) is 14.7. The number of amides is 2. The van der Waals surface area contributed by atoms with Crippen molar-refractivity contribution in [1.82, 2.24) is 4.90 Å². The van der Waals surface area contributed by atoms with E-state index >= 15 is 0 Å². The number of aliphatic hydroxyl groups excluding tert-OH is 1. The highest BCUT2D eigenvalue weighted by atomic mass is 35.5. The molecule has 0 saturated carbocycles. The van der Waals surface area contributed by atoms with E-state index in [1.54, 1.807) is 17.0 Å². The lowest BCUT2D eigenvalue weighted by Crippen LogP contribution is -2.40. The highest BCUT2D eigenvalue weighted by molar-refractivity contribution is 6.31. The average Bonchev–Trinajstić information content (AvgIpc) is 2.91. The second-order valence-electron chi connectivity index (χ2n) is 4.90. The molecule has 110 valence electrons. The fraction of sp³-hybridized carbons (Fsp3) is 0.500. The Labute approximate surface area is 123 Å². The van der Waals surface area contributed by atoms with Gasteiger partial charge >= 0.3 is 6.03 Å². The number of halogens is 1. The lowest BCUT2D eigenvalue weighted by atomic mass is 10.2. The predicted molar refractivity (Wildman–Crippen MR) is 78.6 cm³/mol. The van der Waals surface area contributed by atoms with Crippen LogP contribution in [0.15, 0.2) is 12.1 Å². The number of aliphatic hydroxyl groups is 1. The molecule has 0 spiro atoms. The van der Waals surface area contributed by atoms with Gasteiger partial charge in [0, 0.05) is 17.6 Å². The van der Waals surface area contributed by atoms with Crippen LogP contribution in [0.5, 0.6) is 5.75 Å². The Morgan fingerprint density at radius 1 is 1.60 bits per heavy atom. The molecule has 1 fully saturated rings. The van der Waals surface area contributed by atoms with E-state index in [1.807, 2.05) is 6.92 Å². The van der Waals surface area contributed by atoms with Crippen molar-refractivity contribution in [2.45, 2.75) is 25.8 Å². The summed E-state index contributed by atoms with van der Waals surface area (Å²) >= 11 is 6.04. The zero-order valence-electron chi connectivity index (χ0n) is 11.6. The smallest absolute Gasteiger partial charge is 0.322 e. The maximum Gasteiger partial charge on any atom is 0.322 e. The van der Waals surface area contributed by atoms with Crippen molar-refractivity contribution in [1.29, 1.82) is 0 Å².